The molecule has 0 atom stereocenters. The van der Waals surface area contributed by atoms with E-state index < -0.39 is 17.4 Å². The summed E-state index contributed by atoms with van der Waals surface area (Å²) in [5.74, 6) is -0.277. The number of nitrogens with one attached hydrogen (secondary N) is 1. The zero-order valence-corrected chi connectivity index (χ0v) is 16.6. The molecule has 0 aliphatic rings. The summed E-state index contributed by atoms with van der Waals surface area (Å²) in [6, 6.07) is 7.66. The lowest BCUT2D eigenvalue weighted by Gasteiger charge is -2.07. The maximum absolute atomic E-state index is 11.8. The molecule has 2 aromatic carbocycles. The number of nitro groups is 1. The van der Waals surface area contributed by atoms with Gasteiger partial charge in [0.25, 0.3) is 5.91 Å². The third kappa shape index (κ3) is 5.54. The summed E-state index contributed by atoms with van der Waals surface area (Å²) in [6.45, 7) is 1.29. The first-order valence-electron chi connectivity index (χ1n) is 7.58. The lowest BCUT2D eigenvalue weighted by Crippen LogP contribution is -2.24. The standard InChI is InChI=1S/C17H16IN3O6/c1-10-3-4-14(13(5-10)21(24)25)27-9-16(22)20-19-8-11-6-12(18)17(23)15(7-11)26-2/h3-8,23H,9H2,1-2H3,(H,20,22)/b19-8+. The second-order valence-electron chi connectivity index (χ2n) is 5.36. The summed E-state index contributed by atoms with van der Waals surface area (Å²) in [6.07, 6.45) is 1.37. The van der Waals surface area contributed by atoms with Gasteiger partial charge >= 0.3 is 5.69 Å². The van der Waals surface area contributed by atoms with Gasteiger partial charge in [-0.1, -0.05) is 6.07 Å². The predicted octanol–water partition coefficient (Wildman–Crippen LogP) is 2.75. The molecular weight excluding hydrogens is 469 g/mol. The van der Waals surface area contributed by atoms with Crippen molar-refractivity contribution < 1.29 is 24.3 Å². The Labute approximate surface area is 168 Å². The second kappa shape index (κ2) is 9.16. The van der Waals surface area contributed by atoms with Crippen molar-refractivity contribution >= 4 is 40.4 Å². The van der Waals surface area contributed by atoms with Crippen LogP contribution in [-0.2, 0) is 4.79 Å². The molecule has 0 unspecified atom stereocenters. The largest absolute Gasteiger partial charge is 0.504 e. The molecule has 0 saturated carbocycles. The Morgan fingerprint density at radius 2 is 2.11 bits per heavy atom. The van der Waals surface area contributed by atoms with Crippen LogP contribution in [0.3, 0.4) is 0 Å². The average molecular weight is 485 g/mol. The number of phenolic OH excluding ortho intramolecular Hbond substituents is 1. The van der Waals surface area contributed by atoms with Crippen molar-refractivity contribution in [2.45, 2.75) is 6.92 Å². The summed E-state index contributed by atoms with van der Waals surface area (Å²) < 4.78 is 10.8. The number of methoxy groups -OCH3 is 1. The van der Waals surface area contributed by atoms with E-state index in [9.17, 15) is 20.0 Å². The Kier molecular flexibility index (Phi) is 6.93. The molecule has 0 fully saturated rings. The average Bonchev–Trinajstić information content (AvgIpc) is 2.63. The topological polar surface area (TPSA) is 123 Å². The first kappa shape index (κ1) is 20.4. The number of nitrogens with zero attached hydrogens (tertiary/aromatic N) is 2. The van der Waals surface area contributed by atoms with Crippen molar-refractivity contribution in [2.75, 3.05) is 13.7 Å². The molecule has 0 spiro atoms. The molecule has 1 amide bonds. The third-order valence-corrected chi connectivity index (χ3v) is 4.17. The molecule has 0 bridgehead atoms. The van der Waals surface area contributed by atoms with Gasteiger partial charge in [-0.25, -0.2) is 5.43 Å². The number of hydrazone groups is 1. The van der Waals surface area contributed by atoms with Gasteiger partial charge in [-0.15, -0.1) is 0 Å². The molecule has 0 aliphatic heterocycles. The summed E-state index contributed by atoms with van der Waals surface area (Å²) in [5.41, 5.74) is 3.36. The van der Waals surface area contributed by atoms with Gasteiger partial charge in [0.1, 0.15) is 0 Å². The first-order valence-corrected chi connectivity index (χ1v) is 8.66. The van der Waals surface area contributed by atoms with E-state index in [0.29, 0.717) is 14.7 Å². The fourth-order valence-electron chi connectivity index (χ4n) is 2.07. The van der Waals surface area contributed by atoms with Crippen LogP contribution < -0.4 is 14.9 Å². The Morgan fingerprint density at radius 3 is 2.78 bits per heavy atom. The number of amides is 1. The van der Waals surface area contributed by atoms with Crippen molar-refractivity contribution in [2.24, 2.45) is 5.10 Å². The fraction of sp³-hybridized carbons (Fsp3) is 0.176. The molecule has 9 nitrogen and oxygen atoms in total. The van der Waals surface area contributed by atoms with E-state index in [2.05, 4.69) is 10.5 Å². The molecular formula is C17H16IN3O6. The monoisotopic (exact) mass is 485 g/mol. The molecule has 27 heavy (non-hydrogen) atoms. The molecule has 142 valence electrons. The Morgan fingerprint density at radius 1 is 1.37 bits per heavy atom. The summed E-state index contributed by atoms with van der Waals surface area (Å²) in [5, 5.41) is 24.6. The molecule has 0 heterocycles. The molecule has 2 N–H and O–H groups in total. The van der Waals surface area contributed by atoms with Crippen molar-refractivity contribution in [1.29, 1.82) is 0 Å². The van der Waals surface area contributed by atoms with E-state index in [1.54, 1.807) is 25.1 Å². The lowest BCUT2D eigenvalue weighted by molar-refractivity contribution is -0.385. The van der Waals surface area contributed by atoms with Gasteiger partial charge in [0.15, 0.2) is 23.9 Å². The molecule has 0 aliphatic carbocycles. The molecule has 0 saturated heterocycles. The van der Waals surface area contributed by atoms with Crippen LogP contribution in [0.5, 0.6) is 17.2 Å². The highest BCUT2D eigenvalue weighted by Gasteiger charge is 2.16. The molecule has 2 aromatic rings. The number of phenols is 1. The number of carbonyl (C=O) groups excluding carboxylic acids is 1. The molecule has 0 aromatic heterocycles. The van der Waals surface area contributed by atoms with Crippen molar-refractivity contribution in [3.63, 3.8) is 0 Å². The first-order chi connectivity index (χ1) is 12.8. The van der Waals surface area contributed by atoms with Crippen LogP contribution in [0, 0.1) is 20.6 Å². The van der Waals surface area contributed by atoms with E-state index >= 15 is 0 Å². The van der Waals surface area contributed by atoms with Gasteiger partial charge in [-0.2, -0.15) is 5.10 Å². The number of rotatable bonds is 7. The van der Waals surface area contributed by atoms with Crippen LogP contribution >= 0.6 is 22.6 Å². The van der Waals surface area contributed by atoms with Crippen LogP contribution in [0.1, 0.15) is 11.1 Å². The molecule has 10 heteroatoms. The summed E-state index contributed by atoms with van der Waals surface area (Å²) in [7, 11) is 1.43. The van der Waals surface area contributed by atoms with Gasteiger partial charge in [0, 0.05) is 6.07 Å². The number of ether oxygens (including phenoxy) is 2. The maximum Gasteiger partial charge on any atom is 0.311 e. The Balaban J connectivity index is 1.97. The van der Waals surface area contributed by atoms with Gasteiger partial charge in [-0.05, 0) is 58.8 Å². The zero-order valence-electron chi connectivity index (χ0n) is 14.4. The SMILES string of the molecule is COc1cc(/C=N/NC(=O)COc2ccc(C)cc2[N+](=O)[O-])cc(I)c1O. The fourth-order valence-corrected chi connectivity index (χ4v) is 2.70. The van der Waals surface area contributed by atoms with Crippen molar-refractivity contribution in [3.8, 4) is 17.2 Å². The zero-order chi connectivity index (χ0) is 20.0. The van der Waals surface area contributed by atoms with Crippen LogP contribution in [0.15, 0.2) is 35.4 Å². The molecule has 2 rings (SSSR count). The Bertz CT molecular complexity index is 900. The smallest absolute Gasteiger partial charge is 0.311 e. The number of benzene rings is 2. The summed E-state index contributed by atoms with van der Waals surface area (Å²) in [4.78, 5) is 22.3. The van der Waals surface area contributed by atoms with Gasteiger partial charge in [0.2, 0.25) is 0 Å². The highest BCUT2D eigenvalue weighted by Crippen LogP contribution is 2.31. The summed E-state index contributed by atoms with van der Waals surface area (Å²) >= 11 is 1.94. The quantitative estimate of drug-likeness (QED) is 0.269. The number of aryl methyl sites for hydroxylation is 1. The van der Waals surface area contributed by atoms with Crippen LogP contribution in [-0.4, -0.2) is 35.9 Å². The van der Waals surface area contributed by atoms with E-state index in [0.717, 1.165) is 0 Å². The van der Waals surface area contributed by atoms with Crippen LogP contribution in [0.25, 0.3) is 0 Å². The van der Waals surface area contributed by atoms with Crippen molar-refractivity contribution in [1.82, 2.24) is 5.43 Å². The number of aromatic hydroxyl groups is 1. The number of nitro benzene ring substituents is 1. The number of hydrogen-bond acceptors (Lipinski definition) is 7. The number of carbonyl (C=O) groups is 1. The van der Waals surface area contributed by atoms with Crippen LogP contribution in [0.2, 0.25) is 0 Å². The lowest BCUT2D eigenvalue weighted by atomic mass is 10.2. The van der Waals surface area contributed by atoms with E-state index in [-0.39, 0.29) is 22.9 Å². The number of halogens is 1. The van der Waals surface area contributed by atoms with Gasteiger partial charge in [0.05, 0.1) is 21.8 Å². The minimum atomic E-state index is -0.582. The van der Waals surface area contributed by atoms with E-state index in [4.69, 9.17) is 9.47 Å². The van der Waals surface area contributed by atoms with Crippen LogP contribution in [0.4, 0.5) is 5.69 Å². The van der Waals surface area contributed by atoms with E-state index in [1.165, 1.54) is 25.5 Å². The van der Waals surface area contributed by atoms with Gasteiger partial charge in [-0.3, -0.25) is 14.9 Å². The van der Waals surface area contributed by atoms with E-state index in [1.807, 2.05) is 22.6 Å². The Hall–Kier alpha value is -2.89. The third-order valence-electron chi connectivity index (χ3n) is 3.34. The highest BCUT2D eigenvalue weighted by molar-refractivity contribution is 14.1. The molecule has 0 radical (unpaired) electrons. The predicted molar refractivity (Wildman–Crippen MR) is 106 cm³/mol. The maximum atomic E-state index is 11.8. The minimum absolute atomic E-state index is 0.00237. The van der Waals surface area contributed by atoms with Crippen molar-refractivity contribution in [3.05, 3.63) is 55.1 Å². The normalized spacial score (nSPS) is 10.6. The number of hydrogen-bond donors (Lipinski definition) is 2. The minimum Gasteiger partial charge on any atom is -0.504 e. The van der Waals surface area contributed by atoms with Gasteiger partial charge < -0.3 is 14.6 Å². The second-order valence-corrected chi connectivity index (χ2v) is 6.53. The highest BCUT2D eigenvalue weighted by atomic mass is 127.